The summed E-state index contributed by atoms with van der Waals surface area (Å²) in [5, 5.41) is 8.45. The number of aryl methyl sites for hydroxylation is 1. The molecule has 1 aromatic rings. The lowest BCUT2D eigenvalue weighted by Gasteiger charge is -2.08. The lowest BCUT2D eigenvalue weighted by atomic mass is 10.3. The second-order valence-corrected chi connectivity index (χ2v) is 7.57. The molecule has 0 fully saturated rings. The molecule has 21 heavy (non-hydrogen) atoms. The Bertz CT molecular complexity index is 708. The third kappa shape index (κ3) is 5.89. The van der Waals surface area contributed by atoms with Crippen LogP contribution in [0.15, 0.2) is 11.1 Å². The van der Waals surface area contributed by atoms with E-state index in [0.717, 1.165) is 10.9 Å². The van der Waals surface area contributed by atoms with E-state index >= 15 is 0 Å². The van der Waals surface area contributed by atoms with Gasteiger partial charge in [0.2, 0.25) is 20.0 Å². The summed E-state index contributed by atoms with van der Waals surface area (Å²) in [6.07, 6.45) is -5.41. The van der Waals surface area contributed by atoms with Crippen molar-refractivity contribution in [3.8, 4) is 0 Å². The van der Waals surface area contributed by atoms with Crippen LogP contribution in [0.5, 0.6) is 0 Å². The fourth-order valence-electron chi connectivity index (χ4n) is 1.41. The molecule has 0 saturated carbocycles. The molecule has 0 unspecified atom stereocenters. The molecule has 0 aromatic carbocycles. The van der Waals surface area contributed by atoms with Crippen molar-refractivity contribution >= 4 is 25.9 Å². The number of hydrogen-bond acceptors (Lipinski definition) is 5. The summed E-state index contributed by atoms with van der Waals surface area (Å²) in [4.78, 5) is -0.565. The van der Waals surface area contributed by atoms with Crippen LogP contribution >= 0.6 is 0 Å². The lowest BCUT2D eigenvalue weighted by molar-refractivity contribution is -0.134. The molecular formula is C8H13F3N4O4S2. The highest BCUT2D eigenvalue weighted by atomic mass is 32.2. The normalized spacial score (nSPS) is 13.4. The van der Waals surface area contributed by atoms with Gasteiger partial charge in [-0.1, -0.05) is 0 Å². The van der Waals surface area contributed by atoms with Gasteiger partial charge < -0.3 is 0 Å². The van der Waals surface area contributed by atoms with Crippen molar-refractivity contribution < 1.29 is 30.0 Å². The first-order valence-electron chi connectivity index (χ1n) is 5.44. The van der Waals surface area contributed by atoms with E-state index in [9.17, 15) is 30.0 Å². The van der Waals surface area contributed by atoms with E-state index in [1.54, 1.807) is 0 Å². The Morgan fingerprint density at radius 1 is 1.33 bits per heavy atom. The average molecular weight is 350 g/mol. The molecule has 3 N–H and O–H groups in total. The first-order chi connectivity index (χ1) is 9.30. The summed E-state index contributed by atoms with van der Waals surface area (Å²) in [5.74, 6) is -1.38. The molecular weight excluding hydrogens is 337 g/mol. The van der Waals surface area contributed by atoms with Crippen molar-refractivity contribution in [2.24, 2.45) is 12.2 Å². The third-order valence-electron chi connectivity index (χ3n) is 2.23. The van der Waals surface area contributed by atoms with Crippen molar-refractivity contribution in [3.05, 3.63) is 6.20 Å². The molecule has 0 aliphatic heterocycles. The molecule has 13 heteroatoms. The molecule has 0 bridgehead atoms. The summed E-state index contributed by atoms with van der Waals surface area (Å²) < 4.78 is 84.4. The molecule has 0 aliphatic rings. The predicted octanol–water partition coefficient (Wildman–Crippen LogP) is 0.152. The quantitative estimate of drug-likeness (QED) is 0.756. The SMILES string of the molecule is Cn1cc(S(N)(=O)=O)c(NS(=O)(=O)CCCC(F)(F)F)n1. The third-order valence-corrected chi connectivity index (χ3v) is 4.47. The van der Waals surface area contributed by atoms with Crippen LogP contribution < -0.4 is 9.86 Å². The van der Waals surface area contributed by atoms with Crippen LogP contribution in [0.4, 0.5) is 19.0 Å². The van der Waals surface area contributed by atoms with E-state index in [4.69, 9.17) is 5.14 Å². The van der Waals surface area contributed by atoms with Crippen LogP contribution in [0, 0.1) is 0 Å². The molecule has 8 nitrogen and oxygen atoms in total. The number of sulfonamides is 2. The maximum atomic E-state index is 12.0. The smallest absolute Gasteiger partial charge is 0.272 e. The number of nitrogens with one attached hydrogen (secondary N) is 1. The van der Waals surface area contributed by atoms with Gasteiger partial charge in [-0.05, 0) is 6.42 Å². The molecule has 0 amide bonds. The summed E-state index contributed by atoms with van der Waals surface area (Å²) in [5.41, 5.74) is 0. The highest BCUT2D eigenvalue weighted by Gasteiger charge is 2.28. The topological polar surface area (TPSA) is 124 Å². The zero-order valence-electron chi connectivity index (χ0n) is 10.8. The van der Waals surface area contributed by atoms with Gasteiger partial charge in [0.25, 0.3) is 0 Å². The Balaban J connectivity index is 2.86. The van der Waals surface area contributed by atoms with Crippen molar-refractivity contribution in [3.63, 3.8) is 0 Å². The number of nitrogens with two attached hydrogens (primary N) is 1. The maximum Gasteiger partial charge on any atom is 0.389 e. The first-order valence-corrected chi connectivity index (χ1v) is 8.64. The number of nitrogens with zero attached hydrogens (tertiary/aromatic N) is 2. The van der Waals surface area contributed by atoms with E-state index in [1.165, 1.54) is 7.05 Å². The maximum absolute atomic E-state index is 12.0. The summed E-state index contributed by atoms with van der Waals surface area (Å²) >= 11 is 0. The standard InChI is InChI=1S/C8H13F3N4O4S2/c1-15-5-6(21(12,18)19)7(13-15)14-20(16,17)4-2-3-8(9,10)11/h5H,2-4H2,1H3,(H,13,14)(H2,12,18,19). The zero-order chi connectivity index (χ0) is 16.5. The minimum absolute atomic E-state index is 0.549. The summed E-state index contributed by atoms with van der Waals surface area (Å²) in [7, 11) is -7.06. The zero-order valence-corrected chi connectivity index (χ0v) is 12.4. The Morgan fingerprint density at radius 3 is 2.38 bits per heavy atom. The lowest BCUT2D eigenvalue weighted by Crippen LogP contribution is -2.21. The van der Waals surface area contributed by atoms with Gasteiger partial charge in [-0.15, -0.1) is 0 Å². The van der Waals surface area contributed by atoms with Gasteiger partial charge in [0.1, 0.15) is 4.90 Å². The Kier molecular flexibility index (Phi) is 4.90. The van der Waals surface area contributed by atoms with Crippen molar-refractivity contribution in [2.45, 2.75) is 23.9 Å². The van der Waals surface area contributed by atoms with E-state index in [-0.39, 0.29) is 0 Å². The second-order valence-electron chi connectivity index (χ2n) is 4.20. The minimum atomic E-state index is -4.47. The van der Waals surface area contributed by atoms with Crippen LogP contribution in [0.1, 0.15) is 12.8 Å². The molecule has 0 spiro atoms. The number of alkyl halides is 3. The highest BCUT2D eigenvalue weighted by Crippen LogP contribution is 2.23. The molecule has 1 heterocycles. The van der Waals surface area contributed by atoms with Gasteiger partial charge in [0, 0.05) is 19.7 Å². The molecule has 122 valence electrons. The molecule has 0 saturated heterocycles. The molecule has 1 rings (SSSR count). The number of halogens is 3. The van der Waals surface area contributed by atoms with Crippen molar-refractivity contribution in [2.75, 3.05) is 10.5 Å². The Labute approximate surface area is 119 Å². The van der Waals surface area contributed by atoms with Gasteiger partial charge in [-0.25, -0.2) is 22.0 Å². The minimum Gasteiger partial charge on any atom is -0.272 e. The fraction of sp³-hybridized carbons (Fsp3) is 0.625. The van der Waals surface area contributed by atoms with Crippen LogP contribution in [-0.4, -0.2) is 38.5 Å². The molecule has 0 radical (unpaired) electrons. The van der Waals surface area contributed by atoms with E-state index < -0.39 is 55.5 Å². The van der Waals surface area contributed by atoms with Crippen LogP contribution in [0.3, 0.4) is 0 Å². The largest absolute Gasteiger partial charge is 0.389 e. The van der Waals surface area contributed by atoms with Crippen LogP contribution in [0.25, 0.3) is 0 Å². The summed E-state index contributed by atoms with van der Waals surface area (Å²) in [6, 6.07) is 0. The van der Waals surface area contributed by atoms with Crippen LogP contribution in [-0.2, 0) is 27.1 Å². The Hall–Kier alpha value is -1.34. The van der Waals surface area contributed by atoms with Gasteiger partial charge >= 0.3 is 6.18 Å². The van der Waals surface area contributed by atoms with Gasteiger partial charge in [0.15, 0.2) is 5.82 Å². The number of primary sulfonamides is 1. The summed E-state index contributed by atoms with van der Waals surface area (Å²) in [6.45, 7) is 0. The van der Waals surface area contributed by atoms with Gasteiger partial charge in [-0.3, -0.25) is 9.40 Å². The molecule has 0 aliphatic carbocycles. The monoisotopic (exact) mass is 350 g/mol. The highest BCUT2D eigenvalue weighted by molar-refractivity contribution is 7.93. The van der Waals surface area contributed by atoms with Gasteiger partial charge in [-0.2, -0.15) is 18.3 Å². The molecule has 1 aromatic heterocycles. The van der Waals surface area contributed by atoms with Gasteiger partial charge in [0.05, 0.1) is 5.75 Å². The predicted molar refractivity (Wildman–Crippen MR) is 67.3 cm³/mol. The number of rotatable bonds is 6. The second kappa shape index (κ2) is 5.81. The van der Waals surface area contributed by atoms with E-state index in [1.807, 2.05) is 4.72 Å². The Morgan fingerprint density at radius 2 is 1.90 bits per heavy atom. The van der Waals surface area contributed by atoms with E-state index in [0.29, 0.717) is 0 Å². The number of anilines is 1. The number of aromatic nitrogens is 2. The van der Waals surface area contributed by atoms with Crippen LogP contribution in [0.2, 0.25) is 0 Å². The fourth-order valence-corrected chi connectivity index (χ4v) is 3.20. The van der Waals surface area contributed by atoms with E-state index in [2.05, 4.69) is 5.10 Å². The molecule has 0 atom stereocenters. The average Bonchev–Trinajstić information content (AvgIpc) is 2.55. The number of hydrogen-bond donors (Lipinski definition) is 2. The first kappa shape index (κ1) is 17.7. The van der Waals surface area contributed by atoms with Crippen molar-refractivity contribution in [1.29, 1.82) is 0 Å². The van der Waals surface area contributed by atoms with Crippen molar-refractivity contribution in [1.82, 2.24) is 9.78 Å².